The van der Waals surface area contributed by atoms with Crippen molar-refractivity contribution in [2.45, 2.75) is 12.8 Å². The summed E-state index contributed by atoms with van der Waals surface area (Å²) in [5, 5.41) is 1.45. The van der Waals surface area contributed by atoms with E-state index in [9.17, 15) is 4.79 Å². The van der Waals surface area contributed by atoms with Crippen molar-refractivity contribution in [1.82, 2.24) is 9.88 Å². The smallest absolute Gasteiger partial charge is 0.265 e. The predicted octanol–water partition coefficient (Wildman–Crippen LogP) is 3.95. The maximum Gasteiger partial charge on any atom is 0.265 e. The summed E-state index contributed by atoms with van der Waals surface area (Å²) in [5.41, 5.74) is 0.878. The van der Waals surface area contributed by atoms with Gasteiger partial charge in [-0.3, -0.25) is 4.79 Å². The van der Waals surface area contributed by atoms with Crippen LogP contribution in [0.4, 0.5) is 0 Å². The second-order valence-corrected chi connectivity index (χ2v) is 6.58. The Morgan fingerprint density at radius 3 is 2.90 bits per heavy atom. The van der Waals surface area contributed by atoms with E-state index < -0.39 is 0 Å². The summed E-state index contributed by atoms with van der Waals surface area (Å²) in [6.45, 7) is 0.845. The third-order valence-electron chi connectivity index (χ3n) is 3.40. The lowest BCUT2D eigenvalue weighted by Crippen LogP contribution is -2.27. The quantitative estimate of drug-likeness (QED) is 0.857. The van der Waals surface area contributed by atoms with Gasteiger partial charge in [-0.15, -0.1) is 11.3 Å². The van der Waals surface area contributed by atoms with Gasteiger partial charge in [-0.1, -0.05) is 29.8 Å². The Labute approximate surface area is 127 Å². The molecular weight excluding hydrogens is 292 g/mol. The number of benzene rings is 1. The van der Waals surface area contributed by atoms with E-state index in [-0.39, 0.29) is 5.91 Å². The minimum atomic E-state index is 0.0488. The molecule has 0 atom stereocenters. The lowest BCUT2D eigenvalue weighted by molar-refractivity contribution is 0.0793. The number of carbonyl (C=O) groups is 1. The normalized spacial score (nSPS) is 14.3. The van der Waals surface area contributed by atoms with Gasteiger partial charge in [-0.05, 0) is 24.8 Å². The number of hydrogen-bond donors (Lipinski definition) is 0. The summed E-state index contributed by atoms with van der Waals surface area (Å²) < 4.78 is 0. The monoisotopic (exact) mass is 306 g/mol. The minimum absolute atomic E-state index is 0.0488. The number of halogens is 1. The molecule has 0 spiro atoms. The molecule has 3 nitrogen and oxygen atoms in total. The zero-order valence-electron chi connectivity index (χ0n) is 11.2. The largest absolute Gasteiger partial charge is 0.341 e. The van der Waals surface area contributed by atoms with Crippen molar-refractivity contribution in [2.75, 3.05) is 13.6 Å². The average Bonchev–Trinajstić information content (AvgIpc) is 3.12. The highest BCUT2D eigenvalue weighted by atomic mass is 35.5. The zero-order chi connectivity index (χ0) is 14.1. The number of amides is 1. The van der Waals surface area contributed by atoms with Crippen LogP contribution in [0.15, 0.2) is 30.5 Å². The molecule has 0 bridgehead atoms. The van der Waals surface area contributed by atoms with Gasteiger partial charge in [0.2, 0.25) is 0 Å². The summed E-state index contributed by atoms with van der Waals surface area (Å²) in [7, 11) is 1.86. The molecule has 1 amide bonds. The summed E-state index contributed by atoms with van der Waals surface area (Å²) >= 11 is 7.56. The maximum absolute atomic E-state index is 12.3. The highest BCUT2D eigenvalue weighted by Crippen LogP contribution is 2.32. The predicted molar refractivity (Wildman–Crippen MR) is 82.2 cm³/mol. The third kappa shape index (κ3) is 2.86. The number of thiazole rings is 1. The van der Waals surface area contributed by atoms with E-state index in [2.05, 4.69) is 4.98 Å². The number of aromatic nitrogens is 1. The topological polar surface area (TPSA) is 33.2 Å². The van der Waals surface area contributed by atoms with E-state index in [1.54, 1.807) is 11.1 Å². The molecule has 1 aromatic carbocycles. The number of hydrogen-bond acceptors (Lipinski definition) is 3. The molecular formula is C15H15ClN2OS. The van der Waals surface area contributed by atoms with Gasteiger partial charge >= 0.3 is 0 Å². The fourth-order valence-electron chi connectivity index (χ4n) is 2.09. The third-order valence-corrected chi connectivity index (χ3v) is 4.74. The van der Waals surface area contributed by atoms with E-state index in [1.807, 2.05) is 31.3 Å². The maximum atomic E-state index is 12.3. The van der Waals surface area contributed by atoms with Crippen molar-refractivity contribution in [3.63, 3.8) is 0 Å². The first-order valence-corrected chi connectivity index (χ1v) is 7.81. The molecule has 0 saturated heterocycles. The molecule has 20 heavy (non-hydrogen) atoms. The van der Waals surface area contributed by atoms with Crippen LogP contribution in [0, 0.1) is 5.92 Å². The number of nitrogens with zero attached hydrogens (tertiary/aromatic N) is 2. The van der Waals surface area contributed by atoms with Gasteiger partial charge in [0.1, 0.15) is 9.88 Å². The summed E-state index contributed by atoms with van der Waals surface area (Å²) in [6.07, 6.45) is 4.13. The number of rotatable bonds is 4. The van der Waals surface area contributed by atoms with Crippen LogP contribution in [-0.4, -0.2) is 29.4 Å². The molecule has 104 valence electrons. The first-order chi connectivity index (χ1) is 9.65. The van der Waals surface area contributed by atoms with Crippen LogP contribution in [0.1, 0.15) is 22.5 Å². The van der Waals surface area contributed by atoms with Gasteiger partial charge in [-0.25, -0.2) is 4.98 Å². The van der Waals surface area contributed by atoms with Crippen molar-refractivity contribution in [3.8, 4) is 10.6 Å². The van der Waals surface area contributed by atoms with Crippen LogP contribution in [0.25, 0.3) is 10.6 Å². The van der Waals surface area contributed by atoms with Gasteiger partial charge < -0.3 is 4.90 Å². The summed E-state index contributed by atoms with van der Waals surface area (Å²) in [5.74, 6) is 0.743. The summed E-state index contributed by atoms with van der Waals surface area (Å²) in [6, 6.07) is 7.56. The van der Waals surface area contributed by atoms with Crippen molar-refractivity contribution in [2.24, 2.45) is 5.92 Å². The van der Waals surface area contributed by atoms with E-state index in [1.165, 1.54) is 24.2 Å². The van der Waals surface area contributed by atoms with Gasteiger partial charge in [0, 0.05) is 19.2 Å². The molecule has 1 aliphatic carbocycles. The van der Waals surface area contributed by atoms with E-state index >= 15 is 0 Å². The van der Waals surface area contributed by atoms with E-state index in [4.69, 9.17) is 11.6 Å². The average molecular weight is 307 g/mol. The molecule has 0 radical (unpaired) electrons. The molecule has 1 fully saturated rings. The van der Waals surface area contributed by atoms with Gasteiger partial charge in [-0.2, -0.15) is 0 Å². The highest BCUT2D eigenvalue weighted by molar-refractivity contribution is 7.17. The molecule has 0 unspecified atom stereocenters. The lowest BCUT2D eigenvalue weighted by Gasteiger charge is -2.14. The Morgan fingerprint density at radius 2 is 2.20 bits per heavy atom. The molecule has 1 saturated carbocycles. The highest BCUT2D eigenvalue weighted by Gasteiger charge is 2.26. The van der Waals surface area contributed by atoms with Gasteiger partial charge in [0.05, 0.1) is 11.2 Å². The Hall–Kier alpha value is -1.39. The zero-order valence-corrected chi connectivity index (χ0v) is 12.7. The number of carbonyl (C=O) groups excluding carboxylic acids is 1. The fourth-order valence-corrected chi connectivity index (χ4v) is 3.32. The minimum Gasteiger partial charge on any atom is -0.341 e. The first kappa shape index (κ1) is 13.6. The van der Waals surface area contributed by atoms with Crippen molar-refractivity contribution in [3.05, 3.63) is 40.4 Å². The van der Waals surface area contributed by atoms with Crippen LogP contribution >= 0.6 is 22.9 Å². The molecule has 1 heterocycles. The van der Waals surface area contributed by atoms with Crippen LogP contribution in [0.3, 0.4) is 0 Å². The standard InChI is InChI=1S/C15H15ClN2OS/c1-18(9-10-6-7-10)15(19)13-8-17-14(20-13)11-4-2-3-5-12(11)16/h2-5,8,10H,6-7,9H2,1H3. The molecule has 1 aromatic heterocycles. The molecule has 5 heteroatoms. The summed E-state index contributed by atoms with van der Waals surface area (Å²) in [4.78, 5) is 19.1. The van der Waals surface area contributed by atoms with Crippen LogP contribution < -0.4 is 0 Å². The lowest BCUT2D eigenvalue weighted by atomic mass is 10.2. The molecule has 0 aliphatic heterocycles. The molecule has 3 rings (SSSR count). The van der Waals surface area contributed by atoms with Crippen LogP contribution in [0.5, 0.6) is 0 Å². The van der Waals surface area contributed by atoms with Crippen LogP contribution in [0.2, 0.25) is 5.02 Å². The van der Waals surface area contributed by atoms with E-state index in [0.29, 0.717) is 15.8 Å². The molecule has 1 aliphatic rings. The van der Waals surface area contributed by atoms with Gasteiger partial charge in [0.25, 0.3) is 5.91 Å². The van der Waals surface area contributed by atoms with Crippen LogP contribution in [-0.2, 0) is 0 Å². The van der Waals surface area contributed by atoms with Crippen molar-refractivity contribution in [1.29, 1.82) is 0 Å². The van der Waals surface area contributed by atoms with Crippen molar-refractivity contribution < 1.29 is 4.79 Å². The Bertz CT molecular complexity index is 636. The Kier molecular flexibility index (Phi) is 3.76. The van der Waals surface area contributed by atoms with Gasteiger partial charge in [0.15, 0.2) is 0 Å². The second-order valence-electron chi connectivity index (χ2n) is 5.14. The molecule has 0 N–H and O–H groups in total. The first-order valence-electron chi connectivity index (χ1n) is 6.61. The Balaban J connectivity index is 1.79. The Morgan fingerprint density at radius 1 is 1.45 bits per heavy atom. The fraction of sp³-hybridized carbons (Fsp3) is 0.333. The second kappa shape index (κ2) is 5.54. The molecule has 2 aromatic rings. The van der Waals surface area contributed by atoms with Crippen molar-refractivity contribution >= 4 is 28.8 Å². The van der Waals surface area contributed by atoms with E-state index in [0.717, 1.165) is 17.1 Å². The SMILES string of the molecule is CN(CC1CC1)C(=O)c1cnc(-c2ccccc2Cl)s1.